The van der Waals surface area contributed by atoms with Crippen molar-refractivity contribution in [3.63, 3.8) is 0 Å². The summed E-state index contributed by atoms with van der Waals surface area (Å²) in [6.45, 7) is 18.1. The minimum Gasteiger partial charge on any atom is -0.386 e. The molecule has 0 spiro atoms. The van der Waals surface area contributed by atoms with Crippen LogP contribution in [-0.4, -0.2) is 43.8 Å². The van der Waals surface area contributed by atoms with Crippen LogP contribution in [0.5, 0.6) is 0 Å². The predicted molar refractivity (Wildman–Crippen MR) is 82.2 cm³/mol. The summed E-state index contributed by atoms with van der Waals surface area (Å²) in [5.74, 6) is 1.30. The van der Waals surface area contributed by atoms with Gasteiger partial charge in [-0.25, -0.2) is 0 Å². The van der Waals surface area contributed by atoms with E-state index in [0.29, 0.717) is 12.0 Å². The first-order valence-corrected chi connectivity index (χ1v) is 7.75. The van der Waals surface area contributed by atoms with E-state index >= 15 is 0 Å². The number of nitrogens with zero attached hydrogens (tertiary/aromatic N) is 1. The van der Waals surface area contributed by atoms with Crippen LogP contribution in [0, 0.1) is 11.8 Å². The Kier molecular flexibility index (Phi) is 7.47. The highest BCUT2D eigenvalue weighted by atomic mass is 16.5. The summed E-state index contributed by atoms with van der Waals surface area (Å²) >= 11 is 0. The molecule has 1 aliphatic heterocycles. The van der Waals surface area contributed by atoms with Crippen LogP contribution in [-0.2, 0) is 4.74 Å². The van der Waals surface area contributed by atoms with Crippen LogP contribution < -0.4 is 5.32 Å². The average molecular weight is 268 g/mol. The van der Waals surface area contributed by atoms with Crippen LogP contribution in [0.15, 0.2) is 12.3 Å². The second-order valence-corrected chi connectivity index (χ2v) is 6.39. The topological polar surface area (TPSA) is 24.5 Å². The molecule has 3 heteroatoms. The van der Waals surface area contributed by atoms with E-state index in [0.717, 1.165) is 37.9 Å². The highest BCUT2D eigenvalue weighted by Gasteiger charge is 2.20. The second kappa shape index (κ2) is 8.60. The highest BCUT2D eigenvalue weighted by Crippen LogP contribution is 2.10. The Balaban J connectivity index is 2.20. The van der Waals surface area contributed by atoms with Gasteiger partial charge in [0.25, 0.3) is 0 Å². The van der Waals surface area contributed by atoms with Gasteiger partial charge in [-0.2, -0.15) is 0 Å². The van der Waals surface area contributed by atoms with E-state index in [1.165, 1.54) is 19.4 Å². The van der Waals surface area contributed by atoms with Gasteiger partial charge in [-0.15, -0.1) is 0 Å². The summed E-state index contributed by atoms with van der Waals surface area (Å²) in [4.78, 5) is 2.54. The molecule has 1 unspecified atom stereocenters. The number of morpholine rings is 1. The fourth-order valence-corrected chi connectivity index (χ4v) is 2.28. The van der Waals surface area contributed by atoms with Gasteiger partial charge in [0.15, 0.2) is 0 Å². The summed E-state index contributed by atoms with van der Waals surface area (Å²) in [5.41, 5.74) is 1.11. The maximum atomic E-state index is 5.82. The van der Waals surface area contributed by atoms with Crippen molar-refractivity contribution in [3.8, 4) is 0 Å². The first-order chi connectivity index (χ1) is 8.99. The van der Waals surface area contributed by atoms with E-state index in [9.17, 15) is 0 Å². The molecular formula is C16H32N2O. The molecule has 1 saturated heterocycles. The minimum absolute atomic E-state index is 0.309. The van der Waals surface area contributed by atoms with Crippen LogP contribution in [0.1, 0.15) is 40.5 Å². The van der Waals surface area contributed by atoms with Gasteiger partial charge in [-0.3, -0.25) is 4.90 Å². The van der Waals surface area contributed by atoms with Crippen molar-refractivity contribution < 1.29 is 4.74 Å². The fraction of sp³-hybridized carbons (Fsp3) is 0.875. The standard InChI is InChI=1S/C16H32N2O/c1-13(2)7-6-8-18-9-10-19-16(12-18)11-17-15(5)14(3)4/h13-14,16-17H,5-12H2,1-4H3. The van der Waals surface area contributed by atoms with E-state index in [1.807, 2.05) is 0 Å². The van der Waals surface area contributed by atoms with Gasteiger partial charge in [0.1, 0.15) is 0 Å². The lowest BCUT2D eigenvalue weighted by Gasteiger charge is -2.33. The van der Waals surface area contributed by atoms with Crippen molar-refractivity contribution in [2.75, 3.05) is 32.8 Å². The summed E-state index contributed by atoms with van der Waals surface area (Å²) < 4.78 is 5.82. The van der Waals surface area contributed by atoms with E-state index in [4.69, 9.17) is 4.74 Å². The van der Waals surface area contributed by atoms with E-state index in [2.05, 4.69) is 44.5 Å². The molecule has 0 aromatic heterocycles. The van der Waals surface area contributed by atoms with Crippen molar-refractivity contribution in [1.29, 1.82) is 0 Å². The molecule has 0 aliphatic carbocycles. The van der Waals surface area contributed by atoms with Crippen molar-refractivity contribution in [2.45, 2.75) is 46.6 Å². The average Bonchev–Trinajstić information content (AvgIpc) is 2.36. The molecule has 1 rings (SSSR count). The molecule has 1 heterocycles. The van der Waals surface area contributed by atoms with Crippen molar-refractivity contribution in [1.82, 2.24) is 10.2 Å². The van der Waals surface area contributed by atoms with Crippen LogP contribution in [0.4, 0.5) is 0 Å². The number of hydrogen-bond donors (Lipinski definition) is 1. The molecule has 3 nitrogen and oxygen atoms in total. The number of rotatable bonds is 8. The van der Waals surface area contributed by atoms with Gasteiger partial charge in [0.2, 0.25) is 0 Å². The Hall–Kier alpha value is -0.540. The zero-order valence-corrected chi connectivity index (χ0v) is 13.2. The molecule has 1 atom stereocenters. The summed E-state index contributed by atoms with van der Waals surface area (Å²) in [6, 6.07) is 0. The fourth-order valence-electron chi connectivity index (χ4n) is 2.28. The van der Waals surface area contributed by atoms with Crippen LogP contribution in [0.25, 0.3) is 0 Å². The molecule has 19 heavy (non-hydrogen) atoms. The van der Waals surface area contributed by atoms with E-state index in [-0.39, 0.29) is 0 Å². The predicted octanol–water partition coefficient (Wildman–Crippen LogP) is 2.88. The van der Waals surface area contributed by atoms with Crippen molar-refractivity contribution >= 4 is 0 Å². The van der Waals surface area contributed by atoms with E-state index < -0.39 is 0 Å². The molecule has 0 amide bonds. The molecular weight excluding hydrogens is 236 g/mol. The smallest absolute Gasteiger partial charge is 0.0874 e. The van der Waals surface area contributed by atoms with Crippen LogP contribution >= 0.6 is 0 Å². The van der Waals surface area contributed by atoms with Gasteiger partial charge >= 0.3 is 0 Å². The molecule has 1 fully saturated rings. The second-order valence-electron chi connectivity index (χ2n) is 6.39. The van der Waals surface area contributed by atoms with Gasteiger partial charge in [-0.05, 0) is 31.2 Å². The maximum absolute atomic E-state index is 5.82. The molecule has 1 aliphatic rings. The molecule has 0 radical (unpaired) electrons. The number of hydrogen-bond acceptors (Lipinski definition) is 3. The number of ether oxygens (including phenoxy) is 1. The molecule has 112 valence electrons. The highest BCUT2D eigenvalue weighted by molar-refractivity contribution is 4.95. The summed E-state index contributed by atoms with van der Waals surface area (Å²) in [5, 5.41) is 3.40. The Labute approximate surface area is 119 Å². The maximum Gasteiger partial charge on any atom is 0.0874 e. The lowest BCUT2D eigenvalue weighted by Crippen LogP contribution is -2.46. The Morgan fingerprint density at radius 2 is 2.11 bits per heavy atom. The van der Waals surface area contributed by atoms with Crippen LogP contribution in [0.2, 0.25) is 0 Å². The lowest BCUT2D eigenvalue weighted by atomic mass is 10.1. The van der Waals surface area contributed by atoms with E-state index in [1.54, 1.807) is 0 Å². The Bertz CT molecular complexity index is 263. The zero-order chi connectivity index (χ0) is 14.3. The quantitative estimate of drug-likeness (QED) is 0.732. The number of allylic oxidation sites excluding steroid dienone is 1. The third-order valence-corrected chi connectivity index (χ3v) is 3.73. The number of nitrogens with one attached hydrogen (secondary N) is 1. The molecule has 0 saturated carbocycles. The zero-order valence-electron chi connectivity index (χ0n) is 13.2. The minimum atomic E-state index is 0.309. The van der Waals surface area contributed by atoms with Gasteiger partial charge in [0, 0.05) is 25.3 Å². The third-order valence-electron chi connectivity index (χ3n) is 3.73. The molecule has 0 aromatic carbocycles. The SMILES string of the molecule is C=C(NCC1CN(CCCC(C)C)CCO1)C(C)C. The monoisotopic (exact) mass is 268 g/mol. The third kappa shape index (κ3) is 6.98. The molecule has 1 N–H and O–H groups in total. The van der Waals surface area contributed by atoms with Crippen molar-refractivity contribution in [3.05, 3.63) is 12.3 Å². The van der Waals surface area contributed by atoms with Crippen LogP contribution in [0.3, 0.4) is 0 Å². The van der Waals surface area contributed by atoms with Gasteiger partial charge < -0.3 is 10.1 Å². The lowest BCUT2D eigenvalue weighted by molar-refractivity contribution is -0.0267. The molecule has 0 bridgehead atoms. The first-order valence-electron chi connectivity index (χ1n) is 7.75. The van der Waals surface area contributed by atoms with Gasteiger partial charge in [0.05, 0.1) is 12.7 Å². The Morgan fingerprint density at radius 3 is 2.74 bits per heavy atom. The largest absolute Gasteiger partial charge is 0.386 e. The molecule has 0 aromatic rings. The van der Waals surface area contributed by atoms with Crippen molar-refractivity contribution in [2.24, 2.45) is 11.8 Å². The first kappa shape index (κ1) is 16.5. The summed E-state index contributed by atoms with van der Waals surface area (Å²) in [7, 11) is 0. The normalized spacial score (nSPS) is 21.1. The van der Waals surface area contributed by atoms with Gasteiger partial charge in [-0.1, -0.05) is 34.3 Å². The Morgan fingerprint density at radius 1 is 1.37 bits per heavy atom. The summed E-state index contributed by atoms with van der Waals surface area (Å²) in [6.07, 6.45) is 2.93.